The molecule has 1 aromatic heterocycles. The zero-order chi connectivity index (χ0) is 12.8. The van der Waals surface area contributed by atoms with Gasteiger partial charge < -0.3 is 10.5 Å². The van der Waals surface area contributed by atoms with Crippen LogP contribution in [0.4, 0.5) is 0 Å². The number of nitrogens with two attached hydrogens (primary N) is 1. The molecule has 0 aliphatic rings. The summed E-state index contributed by atoms with van der Waals surface area (Å²) in [6.07, 6.45) is 3.61. The van der Waals surface area contributed by atoms with Gasteiger partial charge in [0.2, 0.25) is 0 Å². The highest BCUT2D eigenvalue weighted by atomic mass is 32.2. The third-order valence-electron chi connectivity index (χ3n) is 2.62. The van der Waals surface area contributed by atoms with Crippen LogP contribution in [0.2, 0.25) is 0 Å². The lowest BCUT2D eigenvalue weighted by molar-refractivity contribution is 0.409. The monoisotopic (exact) mass is 260 g/mol. The third kappa shape index (κ3) is 3.24. The molecule has 0 saturated carbocycles. The lowest BCUT2D eigenvalue weighted by atomic mass is 10.1. The maximum Gasteiger partial charge on any atom is 0.123 e. The number of rotatable bonds is 5. The fourth-order valence-electron chi connectivity index (χ4n) is 1.68. The first-order chi connectivity index (χ1) is 8.83. The van der Waals surface area contributed by atoms with Crippen molar-refractivity contribution < 1.29 is 4.74 Å². The van der Waals surface area contributed by atoms with Gasteiger partial charge in [0.1, 0.15) is 5.75 Å². The summed E-state index contributed by atoms with van der Waals surface area (Å²) in [4.78, 5) is 5.22. The number of nitrogens with zero attached hydrogens (tertiary/aromatic N) is 1. The van der Waals surface area contributed by atoms with Crippen LogP contribution in [0.3, 0.4) is 0 Å². The summed E-state index contributed by atoms with van der Waals surface area (Å²) < 4.78 is 5.26. The summed E-state index contributed by atoms with van der Waals surface area (Å²) in [6, 6.07) is 10.2. The quantitative estimate of drug-likeness (QED) is 0.840. The van der Waals surface area contributed by atoms with Crippen molar-refractivity contribution in [1.29, 1.82) is 0 Å². The van der Waals surface area contributed by atoms with Gasteiger partial charge in [-0.3, -0.25) is 4.98 Å². The van der Waals surface area contributed by atoms with Gasteiger partial charge in [-0.2, -0.15) is 0 Å². The molecule has 0 bridgehead atoms. The number of pyridine rings is 1. The highest BCUT2D eigenvalue weighted by Crippen LogP contribution is 2.25. The van der Waals surface area contributed by atoms with Crippen LogP contribution in [0, 0.1) is 0 Å². The molecule has 2 aromatic rings. The molecule has 3 nitrogen and oxygen atoms in total. The molecule has 0 amide bonds. The summed E-state index contributed by atoms with van der Waals surface area (Å²) in [7, 11) is 1.67. The molecular weight excluding hydrogens is 244 g/mol. The zero-order valence-corrected chi connectivity index (χ0v) is 11.1. The van der Waals surface area contributed by atoms with E-state index in [-0.39, 0.29) is 0 Å². The van der Waals surface area contributed by atoms with Gasteiger partial charge in [0, 0.05) is 35.2 Å². The first kappa shape index (κ1) is 12.9. The first-order valence-electron chi connectivity index (χ1n) is 5.72. The van der Waals surface area contributed by atoms with E-state index in [9.17, 15) is 0 Å². The highest BCUT2D eigenvalue weighted by molar-refractivity contribution is 7.98. The normalized spacial score (nSPS) is 10.3. The zero-order valence-electron chi connectivity index (χ0n) is 10.3. The SMILES string of the molecule is COc1ccc(CSc2ccncc2)cc1CN. The van der Waals surface area contributed by atoms with Crippen LogP contribution < -0.4 is 10.5 Å². The number of benzene rings is 1. The molecule has 1 heterocycles. The molecule has 1 aromatic carbocycles. The van der Waals surface area contributed by atoms with Crippen molar-refractivity contribution in [1.82, 2.24) is 4.98 Å². The largest absolute Gasteiger partial charge is 0.496 e. The van der Waals surface area contributed by atoms with E-state index in [2.05, 4.69) is 17.1 Å². The van der Waals surface area contributed by atoms with Crippen molar-refractivity contribution >= 4 is 11.8 Å². The van der Waals surface area contributed by atoms with E-state index in [4.69, 9.17) is 10.5 Å². The van der Waals surface area contributed by atoms with Gasteiger partial charge in [-0.25, -0.2) is 0 Å². The molecule has 0 saturated heterocycles. The van der Waals surface area contributed by atoms with Gasteiger partial charge in [-0.1, -0.05) is 6.07 Å². The second kappa shape index (κ2) is 6.42. The Labute approximate surface area is 111 Å². The van der Waals surface area contributed by atoms with Crippen molar-refractivity contribution in [2.75, 3.05) is 7.11 Å². The van der Waals surface area contributed by atoms with E-state index in [0.717, 1.165) is 17.1 Å². The Morgan fingerprint density at radius 2 is 2.00 bits per heavy atom. The molecule has 0 fully saturated rings. The van der Waals surface area contributed by atoms with Crippen molar-refractivity contribution in [3.63, 3.8) is 0 Å². The maximum atomic E-state index is 5.71. The van der Waals surface area contributed by atoms with E-state index in [1.54, 1.807) is 18.9 Å². The van der Waals surface area contributed by atoms with Crippen LogP contribution in [0.5, 0.6) is 5.75 Å². The van der Waals surface area contributed by atoms with Gasteiger partial charge in [-0.15, -0.1) is 11.8 Å². The Kier molecular flexibility index (Phi) is 4.61. The Hall–Kier alpha value is -1.52. The van der Waals surface area contributed by atoms with E-state index >= 15 is 0 Å². The first-order valence-corrected chi connectivity index (χ1v) is 6.70. The maximum absolute atomic E-state index is 5.71. The second-order valence-corrected chi connectivity index (χ2v) is 4.87. The van der Waals surface area contributed by atoms with Crippen molar-refractivity contribution in [3.8, 4) is 5.75 Å². The van der Waals surface area contributed by atoms with E-state index in [0.29, 0.717) is 6.54 Å². The number of ether oxygens (including phenoxy) is 1. The predicted octanol–water partition coefficient (Wildman–Crippen LogP) is 2.84. The molecular formula is C14H16N2OS. The molecule has 18 heavy (non-hydrogen) atoms. The average molecular weight is 260 g/mol. The van der Waals surface area contributed by atoms with Crippen LogP contribution >= 0.6 is 11.8 Å². The fourth-order valence-corrected chi connectivity index (χ4v) is 2.51. The molecule has 94 valence electrons. The summed E-state index contributed by atoms with van der Waals surface area (Å²) in [5, 5.41) is 0. The average Bonchev–Trinajstić information content (AvgIpc) is 2.45. The molecule has 0 radical (unpaired) electrons. The molecule has 4 heteroatoms. The lowest BCUT2D eigenvalue weighted by Gasteiger charge is -2.09. The second-order valence-electron chi connectivity index (χ2n) is 3.82. The lowest BCUT2D eigenvalue weighted by Crippen LogP contribution is -2.00. The number of hydrogen-bond donors (Lipinski definition) is 1. The summed E-state index contributed by atoms with van der Waals surface area (Å²) in [5.41, 5.74) is 8.00. The molecule has 0 aliphatic carbocycles. The van der Waals surface area contributed by atoms with Crippen LogP contribution in [0.25, 0.3) is 0 Å². The fraction of sp³-hybridized carbons (Fsp3) is 0.214. The van der Waals surface area contributed by atoms with Crippen molar-refractivity contribution in [2.45, 2.75) is 17.2 Å². The van der Waals surface area contributed by atoms with E-state index in [1.807, 2.05) is 30.6 Å². The van der Waals surface area contributed by atoms with Gasteiger partial charge in [0.05, 0.1) is 7.11 Å². The standard InChI is InChI=1S/C14H16N2OS/c1-17-14-3-2-11(8-12(14)9-15)10-18-13-4-6-16-7-5-13/h2-8H,9-10,15H2,1H3. The molecule has 0 atom stereocenters. The molecule has 0 aliphatic heterocycles. The minimum absolute atomic E-state index is 0.497. The van der Waals surface area contributed by atoms with Gasteiger partial charge >= 0.3 is 0 Å². The van der Waals surface area contributed by atoms with Crippen LogP contribution in [-0.4, -0.2) is 12.1 Å². The topological polar surface area (TPSA) is 48.1 Å². The Morgan fingerprint density at radius 3 is 2.67 bits per heavy atom. The molecule has 0 spiro atoms. The number of methoxy groups -OCH3 is 1. The number of aromatic nitrogens is 1. The van der Waals surface area contributed by atoms with E-state index in [1.165, 1.54) is 10.5 Å². The van der Waals surface area contributed by atoms with E-state index < -0.39 is 0 Å². The smallest absolute Gasteiger partial charge is 0.123 e. The minimum atomic E-state index is 0.497. The summed E-state index contributed by atoms with van der Waals surface area (Å²) in [6.45, 7) is 0.497. The molecule has 2 rings (SSSR count). The van der Waals surface area contributed by atoms with Crippen LogP contribution in [-0.2, 0) is 12.3 Å². The van der Waals surface area contributed by atoms with Gasteiger partial charge in [0.25, 0.3) is 0 Å². The number of thioether (sulfide) groups is 1. The number of hydrogen-bond acceptors (Lipinski definition) is 4. The predicted molar refractivity (Wildman–Crippen MR) is 74.7 cm³/mol. The summed E-state index contributed by atoms with van der Waals surface area (Å²) in [5.74, 6) is 1.77. The van der Waals surface area contributed by atoms with Crippen molar-refractivity contribution in [2.24, 2.45) is 5.73 Å². The van der Waals surface area contributed by atoms with Gasteiger partial charge in [-0.05, 0) is 29.8 Å². The highest BCUT2D eigenvalue weighted by Gasteiger charge is 2.03. The summed E-state index contributed by atoms with van der Waals surface area (Å²) >= 11 is 1.78. The van der Waals surface area contributed by atoms with Crippen LogP contribution in [0.15, 0.2) is 47.6 Å². The Balaban J connectivity index is 2.06. The van der Waals surface area contributed by atoms with Crippen molar-refractivity contribution in [3.05, 3.63) is 53.9 Å². The minimum Gasteiger partial charge on any atom is -0.496 e. The molecule has 2 N–H and O–H groups in total. The van der Waals surface area contributed by atoms with Gasteiger partial charge in [0.15, 0.2) is 0 Å². The Bertz CT molecular complexity index is 502. The Morgan fingerprint density at radius 1 is 1.22 bits per heavy atom. The third-order valence-corrected chi connectivity index (χ3v) is 3.70. The van der Waals surface area contributed by atoms with Crippen LogP contribution in [0.1, 0.15) is 11.1 Å². The molecule has 0 unspecified atom stereocenters.